The molecular formula is C11H15N3O. The number of benzene rings is 1. The van der Waals surface area contributed by atoms with Gasteiger partial charge in [0.15, 0.2) is 0 Å². The van der Waals surface area contributed by atoms with Gasteiger partial charge in [-0.1, -0.05) is 0 Å². The maximum Gasteiger partial charge on any atom is 0.255 e. The van der Waals surface area contributed by atoms with E-state index in [1.165, 1.54) is 0 Å². The summed E-state index contributed by atoms with van der Waals surface area (Å²) in [5.74, 6) is 0.0642. The van der Waals surface area contributed by atoms with Gasteiger partial charge < -0.3 is 15.5 Å². The maximum absolute atomic E-state index is 12.0. The Morgan fingerprint density at radius 2 is 1.87 bits per heavy atom. The highest BCUT2D eigenvalue weighted by atomic mass is 16.2. The maximum atomic E-state index is 12.0. The summed E-state index contributed by atoms with van der Waals surface area (Å²) in [5.41, 5.74) is 8.07. The minimum atomic E-state index is 0.0642. The third-order valence-corrected chi connectivity index (χ3v) is 2.78. The van der Waals surface area contributed by atoms with Crippen LogP contribution in [0.4, 0.5) is 11.4 Å². The Kier molecular flexibility index (Phi) is 2.26. The summed E-state index contributed by atoms with van der Waals surface area (Å²) in [5, 5.41) is 0. The van der Waals surface area contributed by atoms with Crippen molar-refractivity contribution in [2.45, 2.75) is 0 Å². The predicted octanol–water partition coefficient (Wildman–Crippen LogP) is 0.791. The summed E-state index contributed by atoms with van der Waals surface area (Å²) in [6, 6.07) is 5.42. The van der Waals surface area contributed by atoms with E-state index in [2.05, 4.69) is 4.90 Å². The lowest BCUT2D eigenvalue weighted by molar-refractivity contribution is 0.0805. The van der Waals surface area contributed by atoms with Crippen LogP contribution in [0.15, 0.2) is 18.2 Å². The van der Waals surface area contributed by atoms with Crippen molar-refractivity contribution in [2.75, 3.05) is 37.8 Å². The van der Waals surface area contributed by atoms with Crippen LogP contribution in [0.1, 0.15) is 10.4 Å². The van der Waals surface area contributed by atoms with Gasteiger partial charge in [-0.05, 0) is 18.2 Å². The number of carbonyl (C=O) groups is 1. The largest absolute Gasteiger partial charge is 0.399 e. The summed E-state index contributed by atoms with van der Waals surface area (Å²) in [7, 11) is 3.80. The smallest absolute Gasteiger partial charge is 0.255 e. The number of hydrogen-bond acceptors (Lipinski definition) is 3. The minimum Gasteiger partial charge on any atom is -0.399 e. The second kappa shape index (κ2) is 3.46. The molecule has 80 valence electrons. The Bertz CT molecular complexity index is 403. The molecule has 0 bridgehead atoms. The molecule has 0 saturated carbocycles. The third-order valence-electron chi connectivity index (χ3n) is 2.78. The van der Waals surface area contributed by atoms with Gasteiger partial charge in [0.1, 0.15) is 0 Å². The average molecular weight is 205 g/mol. The van der Waals surface area contributed by atoms with E-state index in [4.69, 9.17) is 5.73 Å². The van der Waals surface area contributed by atoms with E-state index in [0.29, 0.717) is 5.69 Å². The van der Waals surface area contributed by atoms with E-state index in [1.54, 1.807) is 17.0 Å². The molecule has 4 heteroatoms. The molecule has 0 radical (unpaired) electrons. The fourth-order valence-corrected chi connectivity index (χ4v) is 1.77. The van der Waals surface area contributed by atoms with Crippen molar-refractivity contribution < 1.29 is 4.79 Å². The molecule has 2 N–H and O–H groups in total. The first-order valence-corrected chi connectivity index (χ1v) is 4.95. The fraction of sp³-hybridized carbons (Fsp3) is 0.364. The number of hydrogen-bond donors (Lipinski definition) is 1. The van der Waals surface area contributed by atoms with Crippen LogP contribution in [0.5, 0.6) is 0 Å². The summed E-state index contributed by atoms with van der Waals surface area (Å²) < 4.78 is 0. The number of rotatable bonds is 0. The quantitative estimate of drug-likeness (QED) is 0.637. The molecule has 4 nitrogen and oxygen atoms in total. The Labute approximate surface area is 89.3 Å². The van der Waals surface area contributed by atoms with Crippen molar-refractivity contribution in [3.8, 4) is 0 Å². The fourth-order valence-electron chi connectivity index (χ4n) is 1.77. The van der Waals surface area contributed by atoms with Gasteiger partial charge in [0.05, 0.1) is 11.3 Å². The van der Waals surface area contributed by atoms with Crippen molar-refractivity contribution in [3.05, 3.63) is 23.8 Å². The van der Waals surface area contributed by atoms with Gasteiger partial charge in [-0.25, -0.2) is 0 Å². The summed E-state index contributed by atoms with van der Waals surface area (Å²) in [6.45, 7) is 1.57. The van der Waals surface area contributed by atoms with E-state index in [-0.39, 0.29) is 5.91 Å². The van der Waals surface area contributed by atoms with Crippen molar-refractivity contribution in [3.63, 3.8) is 0 Å². The highest BCUT2D eigenvalue weighted by Crippen LogP contribution is 2.25. The molecule has 15 heavy (non-hydrogen) atoms. The van der Waals surface area contributed by atoms with Gasteiger partial charge in [-0.3, -0.25) is 4.79 Å². The topological polar surface area (TPSA) is 49.6 Å². The molecule has 0 spiro atoms. The van der Waals surface area contributed by atoms with Crippen molar-refractivity contribution >= 4 is 17.3 Å². The molecule has 1 amide bonds. The lowest BCUT2D eigenvalue weighted by Gasteiger charge is -2.18. The molecule has 0 aromatic heterocycles. The third kappa shape index (κ3) is 1.63. The molecule has 1 aromatic carbocycles. The van der Waals surface area contributed by atoms with Crippen LogP contribution >= 0.6 is 0 Å². The zero-order valence-electron chi connectivity index (χ0n) is 9.03. The van der Waals surface area contributed by atoms with E-state index in [9.17, 15) is 4.79 Å². The van der Waals surface area contributed by atoms with E-state index in [1.807, 2.05) is 20.2 Å². The van der Waals surface area contributed by atoms with E-state index in [0.717, 1.165) is 24.3 Å². The lowest BCUT2D eigenvalue weighted by atomic mass is 10.1. The van der Waals surface area contributed by atoms with Gasteiger partial charge in [0.2, 0.25) is 0 Å². The first kappa shape index (κ1) is 9.83. The molecule has 1 aliphatic rings. The Morgan fingerprint density at radius 1 is 1.20 bits per heavy atom. The van der Waals surface area contributed by atoms with Crippen LogP contribution in [0.3, 0.4) is 0 Å². The Morgan fingerprint density at radius 3 is 2.60 bits per heavy atom. The number of fused-ring (bicyclic) bond motifs is 1. The summed E-state index contributed by atoms with van der Waals surface area (Å²) in [4.78, 5) is 15.7. The van der Waals surface area contributed by atoms with Crippen LogP contribution < -0.4 is 10.6 Å². The molecule has 0 atom stereocenters. The molecule has 0 saturated heterocycles. The number of anilines is 2. The average Bonchev–Trinajstić information content (AvgIpc) is 2.32. The van der Waals surface area contributed by atoms with Gasteiger partial charge >= 0.3 is 0 Å². The van der Waals surface area contributed by atoms with Gasteiger partial charge in [0, 0.05) is 32.9 Å². The van der Waals surface area contributed by atoms with E-state index < -0.39 is 0 Å². The molecule has 0 fully saturated rings. The van der Waals surface area contributed by atoms with Crippen molar-refractivity contribution in [2.24, 2.45) is 0 Å². The van der Waals surface area contributed by atoms with Gasteiger partial charge in [-0.15, -0.1) is 0 Å². The van der Waals surface area contributed by atoms with Crippen LogP contribution in [-0.4, -0.2) is 38.0 Å². The first-order chi connectivity index (χ1) is 7.09. The lowest BCUT2D eigenvalue weighted by Crippen LogP contribution is -2.29. The molecular weight excluding hydrogens is 190 g/mol. The standard InChI is InChI=1S/C11H15N3O/c1-13-5-6-14(2)11(15)9-4-3-8(12)7-10(9)13/h3-4,7H,5-6,12H2,1-2H3. The monoisotopic (exact) mass is 205 g/mol. The number of amides is 1. The minimum absolute atomic E-state index is 0.0642. The SMILES string of the molecule is CN1CCN(C)c2cc(N)ccc2C1=O. The van der Waals surface area contributed by atoms with Crippen molar-refractivity contribution in [1.82, 2.24) is 4.90 Å². The normalized spacial score (nSPS) is 16.3. The van der Waals surface area contributed by atoms with Crippen LogP contribution in [0, 0.1) is 0 Å². The summed E-state index contributed by atoms with van der Waals surface area (Å²) >= 11 is 0. The predicted molar refractivity (Wildman–Crippen MR) is 61.1 cm³/mol. The first-order valence-electron chi connectivity index (χ1n) is 4.95. The number of carbonyl (C=O) groups excluding carboxylic acids is 1. The Hall–Kier alpha value is -1.71. The number of nitrogen functional groups attached to an aromatic ring is 1. The second-order valence-electron chi connectivity index (χ2n) is 3.92. The molecule has 1 aliphatic heterocycles. The van der Waals surface area contributed by atoms with Gasteiger partial charge in [0.25, 0.3) is 5.91 Å². The van der Waals surface area contributed by atoms with Crippen LogP contribution in [0.2, 0.25) is 0 Å². The number of nitrogens with two attached hydrogens (primary N) is 1. The number of nitrogens with zero attached hydrogens (tertiary/aromatic N) is 2. The zero-order chi connectivity index (χ0) is 11.0. The molecule has 1 aromatic rings. The van der Waals surface area contributed by atoms with Crippen LogP contribution in [-0.2, 0) is 0 Å². The molecule has 2 rings (SSSR count). The van der Waals surface area contributed by atoms with Crippen molar-refractivity contribution in [1.29, 1.82) is 0 Å². The molecule has 0 aliphatic carbocycles. The highest BCUT2D eigenvalue weighted by molar-refractivity contribution is 6.00. The van der Waals surface area contributed by atoms with E-state index >= 15 is 0 Å². The molecule has 0 unspecified atom stereocenters. The molecule has 1 heterocycles. The van der Waals surface area contributed by atoms with Crippen LogP contribution in [0.25, 0.3) is 0 Å². The van der Waals surface area contributed by atoms with Gasteiger partial charge in [-0.2, -0.15) is 0 Å². The Balaban J connectivity index is 2.55. The zero-order valence-corrected chi connectivity index (χ0v) is 9.03. The second-order valence-corrected chi connectivity index (χ2v) is 3.92. The number of likely N-dealkylation sites (N-methyl/N-ethyl adjacent to an activating group) is 2. The summed E-state index contributed by atoms with van der Waals surface area (Å²) in [6.07, 6.45) is 0. The highest BCUT2D eigenvalue weighted by Gasteiger charge is 2.21.